The Balaban J connectivity index is 1.92. The van der Waals surface area contributed by atoms with E-state index >= 15 is 0 Å². The van der Waals surface area contributed by atoms with Gasteiger partial charge < -0.3 is 4.74 Å². The number of aromatic nitrogens is 3. The number of carbonyl (C=O) groups excluding carboxylic acids is 2. The van der Waals surface area contributed by atoms with E-state index in [2.05, 4.69) is 10.1 Å². The van der Waals surface area contributed by atoms with E-state index in [1.807, 2.05) is 38.1 Å². The van der Waals surface area contributed by atoms with Crippen molar-refractivity contribution in [3.63, 3.8) is 0 Å². The molecule has 2 heterocycles. The molecule has 0 unspecified atom stereocenters. The van der Waals surface area contributed by atoms with Gasteiger partial charge in [0.15, 0.2) is 0 Å². The molecule has 0 N–H and O–H groups in total. The molecule has 130 valence electrons. The molecule has 0 bridgehead atoms. The molecule has 0 amide bonds. The Labute approximate surface area is 146 Å². The number of fused-ring (bicyclic) bond motifs is 1. The van der Waals surface area contributed by atoms with Crippen molar-refractivity contribution in [1.29, 1.82) is 0 Å². The smallest absolute Gasteiger partial charge is 0.310 e. The predicted octanol–water partition coefficient (Wildman–Crippen LogP) is 2.69. The standard InChI is InChI=1S/C19H21N3O3/c1-4-25-17(23)9-13-5-7-14(8-6-13)15-10-16-20-11-21-22(16)19(24)18(15)12(2)3/h5-8,11-12H,4,9-10H2,1-3H3. The molecule has 0 radical (unpaired) electrons. The van der Waals surface area contributed by atoms with Gasteiger partial charge >= 0.3 is 5.97 Å². The van der Waals surface area contributed by atoms with Crippen molar-refractivity contribution in [3.05, 3.63) is 53.1 Å². The van der Waals surface area contributed by atoms with Crippen molar-refractivity contribution >= 4 is 17.4 Å². The zero-order chi connectivity index (χ0) is 18.0. The summed E-state index contributed by atoms with van der Waals surface area (Å²) < 4.78 is 6.36. The Bertz CT molecular complexity index is 832. The molecular formula is C19H21N3O3. The molecular weight excluding hydrogens is 318 g/mol. The number of rotatable bonds is 5. The largest absolute Gasteiger partial charge is 0.466 e. The van der Waals surface area contributed by atoms with Crippen molar-refractivity contribution in [1.82, 2.24) is 14.8 Å². The minimum Gasteiger partial charge on any atom is -0.466 e. The highest BCUT2D eigenvalue weighted by Gasteiger charge is 2.29. The van der Waals surface area contributed by atoms with E-state index in [4.69, 9.17) is 4.74 Å². The number of hydrogen-bond acceptors (Lipinski definition) is 5. The minimum absolute atomic E-state index is 0.0825. The lowest BCUT2D eigenvalue weighted by Gasteiger charge is -2.22. The fourth-order valence-corrected chi connectivity index (χ4v) is 3.11. The van der Waals surface area contributed by atoms with E-state index in [1.165, 1.54) is 11.0 Å². The summed E-state index contributed by atoms with van der Waals surface area (Å²) in [5.41, 5.74) is 3.59. The Kier molecular flexibility index (Phi) is 4.79. The molecule has 0 fully saturated rings. The van der Waals surface area contributed by atoms with Crippen LogP contribution in [0.15, 0.2) is 36.2 Å². The zero-order valence-corrected chi connectivity index (χ0v) is 14.7. The van der Waals surface area contributed by atoms with E-state index in [1.54, 1.807) is 6.92 Å². The van der Waals surface area contributed by atoms with Crippen LogP contribution < -0.4 is 0 Å². The maximum absolute atomic E-state index is 12.7. The topological polar surface area (TPSA) is 74.1 Å². The summed E-state index contributed by atoms with van der Waals surface area (Å²) in [6.07, 6.45) is 2.23. The van der Waals surface area contributed by atoms with Gasteiger partial charge in [-0.25, -0.2) is 4.98 Å². The molecule has 0 aliphatic carbocycles. The van der Waals surface area contributed by atoms with Gasteiger partial charge in [0, 0.05) is 12.0 Å². The second-order valence-corrected chi connectivity index (χ2v) is 6.30. The van der Waals surface area contributed by atoms with Crippen LogP contribution in [0.4, 0.5) is 0 Å². The SMILES string of the molecule is CCOC(=O)Cc1ccc(C2=C(C(C)C)C(=O)n3ncnc3C2)cc1. The number of nitrogens with zero attached hydrogens (tertiary/aromatic N) is 3. The fourth-order valence-electron chi connectivity index (χ4n) is 3.11. The summed E-state index contributed by atoms with van der Waals surface area (Å²) in [5.74, 6) is 0.386. The normalized spacial score (nSPS) is 14.0. The zero-order valence-electron chi connectivity index (χ0n) is 14.7. The average molecular weight is 339 g/mol. The molecule has 1 aromatic heterocycles. The molecule has 0 spiro atoms. The second-order valence-electron chi connectivity index (χ2n) is 6.30. The van der Waals surface area contributed by atoms with Gasteiger partial charge in [0.25, 0.3) is 5.91 Å². The van der Waals surface area contributed by atoms with Gasteiger partial charge in [-0.3, -0.25) is 9.59 Å². The highest BCUT2D eigenvalue weighted by molar-refractivity contribution is 6.04. The third-order valence-electron chi connectivity index (χ3n) is 4.23. The Morgan fingerprint density at radius 2 is 2.00 bits per heavy atom. The number of carbonyl (C=O) groups is 2. The van der Waals surface area contributed by atoms with Crippen LogP contribution in [0.1, 0.15) is 42.5 Å². The average Bonchev–Trinajstić information content (AvgIpc) is 3.04. The Morgan fingerprint density at radius 3 is 2.64 bits per heavy atom. The summed E-state index contributed by atoms with van der Waals surface area (Å²) in [4.78, 5) is 28.5. The molecule has 0 atom stereocenters. The number of allylic oxidation sites excluding steroid dienone is 2. The first-order chi connectivity index (χ1) is 12.0. The lowest BCUT2D eigenvalue weighted by molar-refractivity contribution is -0.142. The number of benzene rings is 1. The number of ether oxygens (including phenoxy) is 1. The minimum atomic E-state index is -0.238. The van der Waals surface area contributed by atoms with Crippen molar-refractivity contribution < 1.29 is 14.3 Å². The van der Waals surface area contributed by atoms with E-state index in [0.717, 1.165) is 22.3 Å². The van der Waals surface area contributed by atoms with Crippen LogP contribution in [-0.2, 0) is 22.4 Å². The van der Waals surface area contributed by atoms with Crippen LogP contribution in [0.2, 0.25) is 0 Å². The summed E-state index contributed by atoms with van der Waals surface area (Å²) in [5, 5.41) is 4.03. The molecule has 0 saturated carbocycles. The lowest BCUT2D eigenvalue weighted by atomic mass is 9.87. The molecule has 6 nitrogen and oxygen atoms in total. The molecule has 1 aliphatic heterocycles. The van der Waals surface area contributed by atoms with Crippen molar-refractivity contribution in [2.24, 2.45) is 5.92 Å². The predicted molar refractivity (Wildman–Crippen MR) is 92.9 cm³/mol. The molecule has 0 saturated heterocycles. The first-order valence-electron chi connectivity index (χ1n) is 8.42. The van der Waals surface area contributed by atoms with E-state index in [-0.39, 0.29) is 24.2 Å². The van der Waals surface area contributed by atoms with Crippen LogP contribution >= 0.6 is 0 Å². The maximum Gasteiger partial charge on any atom is 0.310 e. The molecule has 1 aliphatic rings. The monoisotopic (exact) mass is 339 g/mol. The van der Waals surface area contributed by atoms with Crippen LogP contribution in [0, 0.1) is 5.92 Å². The van der Waals surface area contributed by atoms with E-state index < -0.39 is 0 Å². The van der Waals surface area contributed by atoms with Crippen molar-refractivity contribution in [3.8, 4) is 0 Å². The summed E-state index contributed by atoms with van der Waals surface area (Å²) in [7, 11) is 0. The van der Waals surface area contributed by atoms with Gasteiger partial charge in [0.2, 0.25) is 0 Å². The third-order valence-corrected chi connectivity index (χ3v) is 4.23. The Morgan fingerprint density at radius 1 is 1.28 bits per heavy atom. The molecule has 1 aromatic carbocycles. The third kappa shape index (κ3) is 3.38. The van der Waals surface area contributed by atoms with Gasteiger partial charge in [-0.15, -0.1) is 0 Å². The van der Waals surface area contributed by atoms with Crippen LogP contribution in [0.3, 0.4) is 0 Å². The number of hydrogen-bond donors (Lipinski definition) is 0. The van der Waals surface area contributed by atoms with Crippen LogP contribution in [0.5, 0.6) is 0 Å². The Hall–Kier alpha value is -2.76. The van der Waals surface area contributed by atoms with E-state index in [9.17, 15) is 9.59 Å². The van der Waals surface area contributed by atoms with Gasteiger partial charge in [0.1, 0.15) is 12.2 Å². The van der Waals surface area contributed by atoms with Gasteiger partial charge in [-0.05, 0) is 29.5 Å². The first kappa shape index (κ1) is 17.1. The number of esters is 1. The van der Waals surface area contributed by atoms with Crippen LogP contribution in [0.25, 0.3) is 5.57 Å². The molecule has 2 aromatic rings. The highest BCUT2D eigenvalue weighted by atomic mass is 16.5. The molecule has 25 heavy (non-hydrogen) atoms. The van der Waals surface area contributed by atoms with Crippen molar-refractivity contribution in [2.75, 3.05) is 6.61 Å². The van der Waals surface area contributed by atoms with E-state index in [0.29, 0.717) is 18.9 Å². The summed E-state index contributed by atoms with van der Waals surface area (Å²) >= 11 is 0. The second kappa shape index (κ2) is 7.01. The van der Waals surface area contributed by atoms with Gasteiger partial charge in [0.05, 0.1) is 13.0 Å². The molecule has 3 rings (SSSR count). The quantitative estimate of drug-likeness (QED) is 0.783. The first-order valence-corrected chi connectivity index (χ1v) is 8.42. The fraction of sp³-hybridized carbons (Fsp3) is 0.368. The van der Waals surface area contributed by atoms with Crippen molar-refractivity contribution in [2.45, 2.75) is 33.6 Å². The molecule has 6 heteroatoms. The highest BCUT2D eigenvalue weighted by Crippen LogP contribution is 2.32. The van der Waals surface area contributed by atoms with Gasteiger partial charge in [-0.1, -0.05) is 38.1 Å². The van der Waals surface area contributed by atoms with Crippen LogP contribution in [-0.4, -0.2) is 33.2 Å². The lowest BCUT2D eigenvalue weighted by Crippen LogP contribution is -2.27. The van der Waals surface area contributed by atoms with Gasteiger partial charge in [-0.2, -0.15) is 9.78 Å². The maximum atomic E-state index is 12.7. The summed E-state index contributed by atoms with van der Waals surface area (Å²) in [6, 6.07) is 7.71. The summed E-state index contributed by atoms with van der Waals surface area (Å²) in [6.45, 7) is 6.18.